The van der Waals surface area contributed by atoms with Crippen LogP contribution < -0.4 is 5.32 Å². The first kappa shape index (κ1) is 11.1. The van der Waals surface area contributed by atoms with Crippen molar-refractivity contribution in [1.82, 2.24) is 10.3 Å². The summed E-state index contributed by atoms with van der Waals surface area (Å²) in [5.41, 5.74) is 0.627. The number of hydrogen-bond acceptors (Lipinski definition) is 3. The van der Waals surface area contributed by atoms with Crippen molar-refractivity contribution in [1.29, 1.82) is 0 Å². The number of carboxylic acid groups (broad SMARTS) is 1. The number of pyridine rings is 1. The molecule has 4 heteroatoms. The normalized spacial score (nSPS) is 17.8. The van der Waals surface area contributed by atoms with Crippen LogP contribution in [0.3, 0.4) is 0 Å². The molecule has 0 bridgehead atoms. The molecule has 0 amide bonds. The molecule has 2 rings (SSSR count). The molecule has 1 heterocycles. The van der Waals surface area contributed by atoms with E-state index in [4.69, 9.17) is 5.11 Å². The molecule has 1 aliphatic rings. The molecule has 2 N–H and O–H groups in total. The monoisotopic (exact) mass is 220 g/mol. The molecule has 0 saturated heterocycles. The maximum absolute atomic E-state index is 11.1. The van der Waals surface area contributed by atoms with Gasteiger partial charge < -0.3 is 10.4 Å². The van der Waals surface area contributed by atoms with E-state index in [1.54, 1.807) is 12.4 Å². The van der Waals surface area contributed by atoms with Crippen LogP contribution in [0.15, 0.2) is 24.5 Å². The lowest BCUT2D eigenvalue weighted by Crippen LogP contribution is -2.45. The standard InChI is InChI=1S/C12H16N2O2/c15-11(16)12(4-1-5-12)9-14-8-10-2-6-13-7-3-10/h2-3,6-7,14H,1,4-5,8-9H2,(H,15,16). The van der Waals surface area contributed by atoms with E-state index in [1.807, 2.05) is 12.1 Å². The van der Waals surface area contributed by atoms with Crippen molar-refractivity contribution in [2.24, 2.45) is 5.41 Å². The molecule has 1 aliphatic carbocycles. The largest absolute Gasteiger partial charge is 0.481 e. The Balaban J connectivity index is 1.82. The highest BCUT2D eigenvalue weighted by atomic mass is 16.4. The Morgan fingerprint density at radius 2 is 2.12 bits per heavy atom. The number of nitrogens with one attached hydrogen (secondary N) is 1. The van der Waals surface area contributed by atoms with E-state index < -0.39 is 11.4 Å². The zero-order valence-electron chi connectivity index (χ0n) is 9.15. The third-order valence-electron chi connectivity index (χ3n) is 3.31. The summed E-state index contributed by atoms with van der Waals surface area (Å²) in [7, 11) is 0. The second-order valence-corrected chi connectivity index (χ2v) is 4.40. The van der Waals surface area contributed by atoms with E-state index in [-0.39, 0.29) is 0 Å². The third kappa shape index (κ3) is 2.22. The van der Waals surface area contributed by atoms with Gasteiger partial charge >= 0.3 is 5.97 Å². The topological polar surface area (TPSA) is 62.2 Å². The second-order valence-electron chi connectivity index (χ2n) is 4.40. The lowest BCUT2D eigenvalue weighted by molar-refractivity contribution is -0.154. The average molecular weight is 220 g/mol. The van der Waals surface area contributed by atoms with Crippen LogP contribution in [-0.2, 0) is 11.3 Å². The summed E-state index contributed by atoms with van der Waals surface area (Å²) in [4.78, 5) is 15.0. The fraction of sp³-hybridized carbons (Fsp3) is 0.500. The number of carbonyl (C=O) groups is 1. The molecule has 1 saturated carbocycles. The molecule has 86 valence electrons. The Morgan fingerprint density at radius 1 is 1.44 bits per heavy atom. The third-order valence-corrected chi connectivity index (χ3v) is 3.31. The lowest BCUT2D eigenvalue weighted by atomic mass is 9.69. The van der Waals surface area contributed by atoms with E-state index in [0.717, 1.165) is 24.8 Å². The van der Waals surface area contributed by atoms with Crippen LogP contribution in [0.1, 0.15) is 24.8 Å². The highest BCUT2D eigenvalue weighted by Gasteiger charge is 2.43. The van der Waals surface area contributed by atoms with Gasteiger partial charge in [0.25, 0.3) is 0 Å². The van der Waals surface area contributed by atoms with Crippen LogP contribution in [-0.4, -0.2) is 22.6 Å². The predicted molar refractivity (Wildman–Crippen MR) is 59.9 cm³/mol. The molecule has 1 fully saturated rings. The summed E-state index contributed by atoms with van der Waals surface area (Å²) in [6.07, 6.45) is 6.11. The van der Waals surface area contributed by atoms with E-state index in [0.29, 0.717) is 13.1 Å². The van der Waals surface area contributed by atoms with E-state index in [9.17, 15) is 4.79 Å². The summed E-state index contributed by atoms with van der Waals surface area (Å²) < 4.78 is 0. The number of aromatic nitrogens is 1. The minimum absolute atomic E-state index is 0.507. The first-order valence-corrected chi connectivity index (χ1v) is 5.56. The van der Waals surface area contributed by atoms with Gasteiger partial charge in [0.15, 0.2) is 0 Å². The molecular formula is C12H16N2O2. The van der Waals surface area contributed by atoms with Crippen molar-refractivity contribution in [3.8, 4) is 0 Å². The van der Waals surface area contributed by atoms with Crippen molar-refractivity contribution in [3.63, 3.8) is 0 Å². The van der Waals surface area contributed by atoms with Gasteiger partial charge in [-0.15, -0.1) is 0 Å². The second kappa shape index (κ2) is 4.61. The Kier molecular flexibility index (Phi) is 3.19. The van der Waals surface area contributed by atoms with Crippen LogP contribution in [0.25, 0.3) is 0 Å². The number of nitrogens with zero attached hydrogens (tertiary/aromatic N) is 1. The fourth-order valence-electron chi connectivity index (χ4n) is 2.02. The summed E-state index contributed by atoms with van der Waals surface area (Å²) in [5, 5.41) is 12.3. The van der Waals surface area contributed by atoms with Gasteiger partial charge in [0.05, 0.1) is 5.41 Å². The van der Waals surface area contributed by atoms with Crippen LogP contribution in [0.2, 0.25) is 0 Å². The van der Waals surface area contributed by atoms with Gasteiger partial charge in [-0.3, -0.25) is 9.78 Å². The summed E-state index contributed by atoms with van der Waals surface area (Å²) in [6.45, 7) is 1.27. The van der Waals surface area contributed by atoms with Crippen molar-refractivity contribution < 1.29 is 9.90 Å². The smallest absolute Gasteiger partial charge is 0.310 e. The number of carboxylic acids is 1. The molecule has 0 aliphatic heterocycles. The first-order chi connectivity index (χ1) is 7.73. The van der Waals surface area contributed by atoms with E-state index in [1.165, 1.54) is 0 Å². The highest BCUT2D eigenvalue weighted by molar-refractivity contribution is 5.76. The molecule has 0 aromatic carbocycles. The van der Waals surface area contributed by atoms with Crippen molar-refractivity contribution in [2.75, 3.05) is 6.54 Å². The Labute approximate surface area is 94.7 Å². The van der Waals surface area contributed by atoms with Gasteiger partial charge in [0, 0.05) is 25.5 Å². The quantitative estimate of drug-likeness (QED) is 0.788. The molecule has 0 radical (unpaired) electrons. The van der Waals surface area contributed by atoms with Crippen molar-refractivity contribution >= 4 is 5.97 Å². The van der Waals surface area contributed by atoms with E-state index >= 15 is 0 Å². The Bertz CT molecular complexity index is 361. The van der Waals surface area contributed by atoms with E-state index in [2.05, 4.69) is 10.3 Å². The Hall–Kier alpha value is -1.42. The number of hydrogen-bond donors (Lipinski definition) is 2. The van der Waals surface area contributed by atoms with Crippen LogP contribution in [0.5, 0.6) is 0 Å². The average Bonchev–Trinajstić information content (AvgIpc) is 2.23. The SMILES string of the molecule is O=C(O)C1(CNCc2ccncc2)CCC1. The fourth-order valence-corrected chi connectivity index (χ4v) is 2.02. The number of rotatable bonds is 5. The molecule has 4 nitrogen and oxygen atoms in total. The zero-order chi connectivity index (χ0) is 11.4. The highest BCUT2D eigenvalue weighted by Crippen LogP contribution is 2.40. The minimum atomic E-state index is -0.666. The van der Waals surface area contributed by atoms with Gasteiger partial charge in [-0.2, -0.15) is 0 Å². The van der Waals surface area contributed by atoms with Crippen LogP contribution in [0, 0.1) is 5.41 Å². The van der Waals surface area contributed by atoms with Gasteiger partial charge in [0.2, 0.25) is 0 Å². The summed E-state index contributed by atoms with van der Waals surface area (Å²) >= 11 is 0. The maximum Gasteiger partial charge on any atom is 0.310 e. The lowest BCUT2D eigenvalue weighted by Gasteiger charge is -2.37. The Morgan fingerprint density at radius 3 is 2.62 bits per heavy atom. The molecule has 0 unspecified atom stereocenters. The zero-order valence-corrected chi connectivity index (χ0v) is 9.15. The first-order valence-electron chi connectivity index (χ1n) is 5.56. The van der Waals surface area contributed by atoms with Gasteiger partial charge in [0.1, 0.15) is 0 Å². The number of aliphatic carboxylic acids is 1. The molecule has 16 heavy (non-hydrogen) atoms. The molecule has 1 aromatic heterocycles. The molecule has 0 atom stereocenters. The summed E-state index contributed by atoms with van der Waals surface area (Å²) in [6, 6.07) is 3.86. The van der Waals surface area contributed by atoms with Crippen molar-refractivity contribution in [3.05, 3.63) is 30.1 Å². The van der Waals surface area contributed by atoms with Gasteiger partial charge in [-0.05, 0) is 30.5 Å². The summed E-state index contributed by atoms with van der Waals surface area (Å²) in [5.74, 6) is -0.666. The van der Waals surface area contributed by atoms with Crippen LogP contribution >= 0.6 is 0 Å². The maximum atomic E-state index is 11.1. The van der Waals surface area contributed by atoms with Gasteiger partial charge in [-0.25, -0.2) is 0 Å². The molecule has 0 spiro atoms. The molecule has 1 aromatic rings. The van der Waals surface area contributed by atoms with Crippen molar-refractivity contribution in [2.45, 2.75) is 25.8 Å². The van der Waals surface area contributed by atoms with Gasteiger partial charge in [-0.1, -0.05) is 6.42 Å². The van der Waals surface area contributed by atoms with Crippen LogP contribution in [0.4, 0.5) is 0 Å². The predicted octanol–water partition coefficient (Wildman–Crippen LogP) is 1.43. The molecular weight excluding hydrogens is 204 g/mol. The minimum Gasteiger partial charge on any atom is -0.481 e.